The van der Waals surface area contributed by atoms with Gasteiger partial charge in [0.2, 0.25) is 0 Å². The van der Waals surface area contributed by atoms with Crippen LogP contribution in [0.15, 0.2) is 47.1 Å². The Bertz CT molecular complexity index is 324. The number of rotatable bonds is 1. The lowest BCUT2D eigenvalue weighted by atomic mass is 9.95. The first-order valence-electron chi connectivity index (χ1n) is 5.58. The zero-order valence-electron chi connectivity index (χ0n) is 8.92. The highest BCUT2D eigenvalue weighted by Crippen LogP contribution is 2.29. The van der Waals surface area contributed by atoms with Crippen LogP contribution in [-0.2, 0) is 0 Å². The Kier molecular flexibility index (Phi) is 3.03. The highest BCUT2D eigenvalue weighted by atomic mass is 14.2. The van der Waals surface area contributed by atoms with Gasteiger partial charge in [-0.1, -0.05) is 30.4 Å². The van der Waals surface area contributed by atoms with Crippen LogP contribution in [0.25, 0.3) is 0 Å². The molecule has 0 amide bonds. The second-order valence-electron chi connectivity index (χ2n) is 4.08. The molecule has 0 aliphatic heterocycles. The summed E-state index contributed by atoms with van der Waals surface area (Å²) in [6, 6.07) is 0. The van der Waals surface area contributed by atoms with Crippen LogP contribution in [0.2, 0.25) is 0 Å². The third-order valence-electron chi connectivity index (χ3n) is 3.02. The van der Waals surface area contributed by atoms with E-state index in [1.165, 1.54) is 31.3 Å². The summed E-state index contributed by atoms with van der Waals surface area (Å²) < 4.78 is 0. The van der Waals surface area contributed by atoms with Crippen LogP contribution in [0.5, 0.6) is 0 Å². The normalized spacial score (nSPS) is 22.2. The van der Waals surface area contributed by atoms with E-state index in [4.69, 9.17) is 0 Å². The average Bonchev–Trinajstić information content (AvgIpc) is 2.51. The van der Waals surface area contributed by atoms with Gasteiger partial charge in [0.15, 0.2) is 0 Å². The Morgan fingerprint density at radius 1 is 1.00 bits per heavy atom. The molecule has 0 saturated carbocycles. The molecule has 0 aromatic heterocycles. The van der Waals surface area contributed by atoms with E-state index in [0.29, 0.717) is 0 Å². The number of allylic oxidation sites excluding steroid dienone is 8. The standard InChI is InChI=1S/C14H18/c1-12-8-7-11-14(12)13-9-5-3-2-4-6-10-13/h2-3,7-8,10H,4-6,9,11H2,1H3. The van der Waals surface area contributed by atoms with Gasteiger partial charge in [-0.05, 0) is 55.7 Å². The molecule has 0 heterocycles. The molecule has 2 rings (SSSR count). The predicted molar refractivity (Wildman–Crippen MR) is 62.1 cm³/mol. The molecule has 0 bridgehead atoms. The molecule has 2 aliphatic rings. The number of hydrogen-bond donors (Lipinski definition) is 0. The minimum atomic E-state index is 1.15. The van der Waals surface area contributed by atoms with Gasteiger partial charge in [0.05, 0.1) is 0 Å². The fraction of sp³-hybridized carbons (Fsp3) is 0.429. The zero-order chi connectivity index (χ0) is 9.80. The quantitative estimate of drug-likeness (QED) is 0.535. The number of hydrogen-bond acceptors (Lipinski definition) is 0. The van der Waals surface area contributed by atoms with Gasteiger partial charge in [0, 0.05) is 0 Å². The van der Waals surface area contributed by atoms with Crippen molar-refractivity contribution in [2.45, 2.75) is 39.0 Å². The second-order valence-corrected chi connectivity index (χ2v) is 4.08. The molecule has 0 radical (unpaired) electrons. The molecule has 0 spiro atoms. The van der Waals surface area contributed by atoms with E-state index < -0.39 is 0 Å². The van der Waals surface area contributed by atoms with Crippen LogP contribution < -0.4 is 0 Å². The first-order valence-corrected chi connectivity index (χ1v) is 5.58. The highest BCUT2D eigenvalue weighted by molar-refractivity contribution is 5.45. The maximum absolute atomic E-state index is 2.44. The molecule has 0 N–H and O–H groups in total. The summed E-state index contributed by atoms with van der Waals surface area (Å²) in [6.45, 7) is 2.23. The first kappa shape index (κ1) is 9.51. The Hall–Kier alpha value is -1.04. The van der Waals surface area contributed by atoms with E-state index in [1.807, 2.05) is 0 Å². The maximum atomic E-state index is 2.44. The van der Waals surface area contributed by atoms with E-state index in [1.54, 1.807) is 11.1 Å². The van der Waals surface area contributed by atoms with Crippen molar-refractivity contribution in [3.8, 4) is 0 Å². The average molecular weight is 186 g/mol. The largest absolute Gasteiger partial charge is 0.0882 e. The van der Waals surface area contributed by atoms with Crippen molar-refractivity contribution in [3.63, 3.8) is 0 Å². The second kappa shape index (κ2) is 4.45. The summed E-state index contributed by atoms with van der Waals surface area (Å²) in [5, 5.41) is 0. The molecule has 14 heavy (non-hydrogen) atoms. The molecule has 0 aromatic carbocycles. The lowest BCUT2D eigenvalue weighted by molar-refractivity contribution is 0.907. The fourth-order valence-corrected chi connectivity index (χ4v) is 2.20. The monoisotopic (exact) mass is 186 g/mol. The fourth-order valence-electron chi connectivity index (χ4n) is 2.20. The van der Waals surface area contributed by atoms with Crippen molar-refractivity contribution in [2.75, 3.05) is 0 Å². The van der Waals surface area contributed by atoms with Gasteiger partial charge in [0.25, 0.3) is 0 Å². The van der Waals surface area contributed by atoms with Crippen LogP contribution in [0.4, 0.5) is 0 Å². The Morgan fingerprint density at radius 3 is 2.64 bits per heavy atom. The van der Waals surface area contributed by atoms with Crippen molar-refractivity contribution in [2.24, 2.45) is 0 Å². The zero-order valence-corrected chi connectivity index (χ0v) is 8.92. The summed E-state index contributed by atoms with van der Waals surface area (Å²) in [6.07, 6.45) is 17.6. The molecule has 74 valence electrons. The van der Waals surface area contributed by atoms with Gasteiger partial charge in [-0.15, -0.1) is 0 Å². The van der Waals surface area contributed by atoms with E-state index >= 15 is 0 Å². The van der Waals surface area contributed by atoms with Gasteiger partial charge >= 0.3 is 0 Å². The van der Waals surface area contributed by atoms with Crippen molar-refractivity contribution in [1.82, 2.24) is 0 Å². The van der Waals surface area contributed by atoms with Crippen LogP contribution in [0.1, 0.15) is 39.0 Å². The molecule has 0 nitrogen and oxygen atoms in total. The lowest BCUT2D eigenvalue weighted by Gasteiger charge is -2.11. The van der Waals surface area contributed by atoms with Gasteiger partial charge in [-0.25, -0.2) is 0 Å². The highest BCUT2D eigenvalue weighted by Gasteiger charge is 2.10. The SMILES string of the molecule is CC1=C(C2=CCCC=CCC2)CC=C1. The molecule has 0 unspecified atom stereocenters. The summed E-state index contributed by atoms with van der Waals surface area (Å²) in [7, 11) is 0. The molecule has 0 atom stereocenters. The smallest absolute Gasteiger partial charge is 0.00890 e. The molecular weight excluding hydrogens is 168 g/mol. The van der Waals surface area contributed by atoms with Crippen molar-refractivity contribution >= 4 is 0 Å². The summed E-state index contributed by atoms with van der Waals surface area (Å²) in [5.74, 6) is 0. The van der Waals surface area contributed by atoms with Crippen LogP contribution >= 0.6 is 0 Å². The van der Waals surface area contributed by atoms with Crippen LogP contribution in [0, 0.1) is 0 Å². The molecule has 0 saturated heterocycles. The van der Waals surface area contributed by atoms with Gasteiger partial charge in [-0.2, -0.15) is 0 Å². The first-order chi connectivity index (χ1) is 6.88. The minimum absolute atomic E-state index is 1.15. The summed E-state index contributed by atoms with van der Waals surface area (Å²) in [5.41, 5.74) is 4.65. The van der Waals surface area contributed by atoms with Crippen LogP contribution in [-0.4, -0.2) is 0 Å². The van der Waals surface area contributed by atoms with Gasteiger partial charge in [0.1, 0.15) is 0 Å². The van der Waals surface area contributed by atoms with E-state index in [2.05, 4.69) is 37.3 Å². The third kappa shape index (κ3) is 2.06. The molecule has 2 aliphatic carbocycles. The van der Waals surface area contributed by atoms with E-state index in [-0.39, 0.29) is 0 Å². The molecule has 0 heteroatoms. The molecule has 0 fully saturated rings. The van der Waals surface area contributed by atoms with Crippen LogP contribution in [0.3, 0.4) is 0 Å². The van der Waals surface area contributed by atoms with E-state index in [0.717, 1.165) is 6.42 Å². The topological polar surface area (TPSA) is 0 Å². The molecule has 0 aromatic rings. The van der Waals surface area contributed by atoms with Crippen molar-refractivity contribution in [3.05, 3.63) is 47.1 Å². The Labute approximate surface area is 86.7 Å². The van der Waals surface area contributed by atoms with E-state index in [9.17, 15) is 0 Å². The van der Waals surface area contributed by atoms with Crippen molar-refractivity contribution < 1.29 is 0 Å². The van der Waals surface area contributed by atoms with Gasteiger partial charge < -0.3 is 0 Å². The third-order valence-corrected chi connectivity index (χ3v) is 3.02. The predicted octanol–water partition coefficient (Wildman–Crippen LogP) is 4.32. The summed E-state index contributed by atoms with van der Waals surface area (Å²) >= 11 is 0. The van der Waals surface area contributed by atoms with Gasteiger partial charge in [-0.3, -0.25) is 0 Å². The Balaban J connectivity index is 2.13. The lowest BCUT2D eigenvalue weighted by Crippen LogP contribution is -1.91. The van der Waals surface area contributed by atoms with Crippen molar-refractivity contribution in [1.29, 1.82) is 0 Å². The summed E-state index contributed by atoms with van der Waals surface area (Å²) in [4.78, 5) is 0. The molecular formula is C14H18. The maximum Gasteiger partial charge on any atom is -0.00890 e. The Morgan fingerprint density at radius 2 is 1.86 bits per heavy atom. The minimum Gasteiger partial charge on any atom is -0.0882 e.